The molecule has 0 saturated carbocycles. The minimum atomic E-state index is -0.889. The van der Waals surface area contributed by atoms with Crippen LogP contribution < -0.4 is 5.32 Å². The predicted octanol–water partition coefficient (Wildman–Crippen LogP) is 3.52. The van der Waals surface area contributed by atoms with Crippen molar-refractivity contribution in [2.75, 3.05) is 13.1 Å². The topological polar surface area (TPSA) is 52.6 Å². The van der Waals surface area contributed by atoms with Gasteiger partial charge in [0, 0.05) is 19.6 Å². The average molecular weight is 326 g/mol. The maximum Gasteiger partial charge on any atom is 0.335 e. The van der Waals surface area contributed by atoms with Gasteiger partial charge < -0.3 is 10.4 Å². The van der Waals surface area contributed by atoms with Crippen LogP contribution in [0.25, 0.3) is 0 Å². The molecular weight excluding hydrogens is 300 g/mol. The fourth-order valence-corrected chi connectivity index (χ4v) is 2.68. The number of carbonyl (C=O) groups is 1. The molecule has 0 aliphatic heterocycles. The smallest absolute Gasteiger partial charge is 0.335 e. The van der Waals surface area contributed by atoms with Crippen LogP contribution in [0, 0.1) is 0 Å². The number of hydrogen-bond acceptors (Lipinski definition) is 3. The van der Waals surface area contributed by atoms with Crippen LogP contribution in [0.3, 0.4) is 0 Å². The number of nitrogens with zero attached hydrogens (tertiary/aromatic N) is 1. The number of rotatable bonds is 9. The molecule has 24 heavy (non-hydrogen) atoms. The number of hydrogen-bond donors (Lipinski definition) is 2. The van der Waals surface area contributed by atoms with Gasteiger partial charge in [-0.3, -0.25) is 4.90 Å². The van der Waals surface area contributed by atoms with Crippen LogP contribution >= 0.6 is 0 Å². The summed E-state index contributed by atoms with van der Waals surface area (Å²) in [6.07, 6.45) is 0. The first-order valence-corrected chi connectivity index (χ1v) is 8.46. The Bertz CT molecular complexity index is 649. The van der Waals surface area contributed by atoms with Gasteiger partial charge in [0.25, 0.3) is 0 Å². The van der Waals surface area contributed by atoms with E-state index in [4.69, 9.17) is 5.11 Å². The summed E-state index contributed by atoms with van der Waals surface area (Å²) in [5, 5.41) is 12.4. The molecule has 0 aliphatic rings. The monoisotopic (exact) mass is 326 g/mol. The van der Waals surface area contributed by atoms with Crippen molar-refractivity contribution in [1.82, 2.24) is 10.2 Å². The summed E-state index contributed by atoms with van der Waals surface area (Å²) in [7, 11) is 0. The van der Waals surface area contributed by atoms with Crippen LogP contribution in [0.5, 0.6) is 0 Å². The zero-order chi connectivity index (χ0) is 17.4. The van der Waals surface area contributed by atoms with E-state index in [9.17, 15) is 4.79 Å². The predicted molar refractivity (Wildman–Crippen MR) is 97.0 cm³/mol. The first kappa shape index (κ1) is 18.2. The lowest BCUT2D eigenvalue weighted by Gasteiger charge is -2.20. The van der Waals surface area contributed by atoms with E-state index in [1.807, 2.05) is 12.1 Å². The Morgan fingerprint density at radius 1 is 0.958 bits per heavy atom. The minimum Gasteiger partial charge on any atom is -0.478 e. The molecule has 0 amide bonds. The van der Waals surface area contributed by atoms with Gasteiger partial charge in [0.1, 0.15) is 0 Å². The lowest BCUT2D eigenvalue weighted by atomic mass is 10.1. The van der Waals surface area contributed by atoms with Crippen molar-refractivity contribution in [2.45, 2.75) is 33.5 Å². The standard InChI is InChI=1S/C20H26N2O2/c1-3-22(4-2)15-19-8-6-5-7-18(19)14-21-13-16-9-11-17(12-10-16)20(23)24/h5-12,21H,3-4,13-15H2,1-2H3,(H,23,24). The van der Waals surface area contributed by atoms with Crippen molar-refractivity contribution in [3.8, 4) is 0 Å². The van der Waals surface area contributed by atoms with E-state index in [0.29, 0.717) is 5.56 Å². The lowest BCUT2D eigenvalue weighted by Crippen LogP contribution is -2.23. The third-order valence-corrected chi connectivity index (χ3v) is 4.25. The fraction of sp³-hybridized carbons (Fsp3) is 0.350. The molecule has 0 saturated heterocycles. The summed E-state index contributed by atoms with van der Waals surface area (Å²) in [5.74, 6) is -0.889. The van der Waals surface area contributed by atoms with E-state index >= 15 is 0 Å². The zero-order valence-corrected chi connectivity index (χ0v) is 14.5. The van der Waals surface area contributed by atoms with Crippen LogP contribution in [0.2, 0.25) is 0 Å². The second kappa shape index (κ2) is 9.21. The Morgan fingerprint density at radius 2 is 1.58 bits per heavy atom. The third kappa shape index (κ3) is 5.18. The normalized spacial score (nSPS) is 11.0. The van der Waals surface area contributed by atoms with E-state index in [1.54, 1.807) is 12.1 Å². The highest BCUT2D eigenvalue weighted by atomic mass is 16.4. The maximum atomic E-state index is 10.9. The Kier molecular flexibility index (Phi) is 6.97. The molecule has 2 aromatic rings. The van der Waals surface area contributed by atoms with Gasteiger partial charge in [0.2, 0.25) is 0 Å². The van der Waals surface area contributed by atoms with Gasteiger partial charge in [0.15, 0.2) is 0 Å². The van der Waals surface area contributed by atoms with Crippen molar-refractivity contribution < 1.29 is 9.90 Å². The molecule has 128 valence electrons. The maximum absolute atomic E-state index is 10.9. The highest BCUT2D eigenvalue weighted by Gasteiger charge is 2.06. The molecule has 0 aliphatic carbocycles. The quantitative estimate of drug-likeness (QED) is 0.740. The van der Waals surface area contributed by atoms with Crippen molar-refractivity contribution in [2.24, 2.45) is 0 Å². The van der Waals surface area contributed by atoms with Gasteiger partial charge in [0.05, 0.1) is 5.56 Å². The summed E-state index contributed by atoms with van der Waals surface area (Å²) in [4.78, 5) is 13.3. The second-order valence-corrected chi connectivity index (χ2v) is 5.84. The van der Waals surface area contributed by atoms with E-state index in [2.05, 4.69) is 48.3 Å². The average Bonchev–Trinajstić information content (AvgIpc) is 2.61. The number of carboxylic acids is 1. The SMILES string of the molecule is CCN(CC)Cc1ccccc1CNCc1ccc(C(=O)O)cc1. The molecule has 0 bridgehead atoms. The second-order valence-electron chi connectivity index (χ2n) is 5.84. The molecule has 2 N–H and O–H groups in total. The van der Waals surface area contributed by atoms with Crippen molar-refractivity contribution in [1.29, 1.82) is 0 Å². The number of carboxylic acid groups (broad SMARTS) is 1. The molecule has 0 heterocycles. The Labute approximate surface area is 144 Å². The zero-order valence-electron chi connectivity index (χ0n) is 14.5. The first-order chi connectivity index (χ1) is 11.6. The number of nitrogens with one attached hydrogen (secondary N) is 1. The van der Waals surface area contributed by atoms with E-state index in [-0.39, 0.29) is 0 Å². The molecule has 0 radical (unpaired) electrons. The largest absolute Gasteiger partial charge is 0.478 e. The molecule has 2 aromatic carbocycles. The summed E-state index contributed by atoms with van der Waals surface area (Å²) in [6, 6.07) is 15.5. The molecular formula is C20H26N2O2. The number of aromatic carboxylic acids is 1. The molecule has 4 heteroatoms. The van der Waals surface area contributed by atoms with Crippen LogP contribution in [-0.2, 0) is 19.6 Å². The Morgan fingerprint density at radius 3 is 2.17 bits per heavy atom. The van der Waals surface area contributed by atoms with Crippen molar-refractivity contribution in [3.05, 3.63) is 70.8 Å². The summed E-state index contributed by atoms with van der Waals surface area (Å²) in [5.41, 5.74) is 4.08. The Hall–Kier alpha value is -2.17. The van der Waals surface area contributed by atoms with Gasteiger partial charge in [-0.1, -0.05) is 50.2 Å². The van der Waals surface area contributed by atoms with Crippen LogP contribution in [0.15, 0.2) is 48.5 Å². The fourth-order valence-electron chi connectivity index (χ4n) is 2.68. The minimum absolute atomic E-state index is 0.323. The molecule has 0 fully saturated rings. The number of benzene rings is 2. The van der Waals surface area contributed by atoms with Crippen LogP contribution in [0.4, 0.5) is 0 Å². The van der Waals surface area contributed by atoms with Crippen LogP contribution in [-0.4, -0.2) is 29.1 Å². The molecule has 2 rings (SSSR count). The Balaban J connectivity index is 1.93. The summed E-state index contributed by atoms with van der Waals surface area (Å²) < 4.78 is 0. The van der Waals surface area contributed by atoms with E-state index in [1.165, 1.54) is 11.1 Å². The molecule has 0 spiro atoms. The first-order valence-electron chi connectivity index (χ1n) is 8.46. The van der Waals surface area contributed by atoms with Gasteiger partial charge in [-0.2, -0.15) is 0 Å². The van der Waals surface area contributed by atoms with Crippen molar-refractivity contribution in [3.63, 3.8) is 0 Å². The van der Waals surface area contributed by atoms with Gasteiger partial charge >= 0.3 is 5.97 Å². The highest BCUT2D eigenvalue weighted by molar-refractivity contribution is 5.87. The van der Waals surface area contributed by atoms with E-state index in [0.717, 1.165) is 38.3 Å². The van der Waals surface area contributed by atoms with Gasteiger partial charge in [-0.05, 0) is 41.9 Å². The van der Waals surface area contributed by atoms with E-state index < -0.39 is 5.97 Å². The van der Waals surface area contributed by atoms with Gasteiger partial charge in [-0.15, -0.1) is 0 Å². The highest BCUT2D eigenvalue weighted by Crippen LogP contribution is 2.12. The molecule has 0 aromatic heterocycles. The lowest BCUT2D eigenvalue weighted by molar-refractivity contribution is 0.0697. The third-order valence-electron chi connectivity index (χ3n) is 4.25. The van der Waals surface area contributed by atoms with Gasteiger partial charge in [-0.25, -0.2) is 4.79 Å². The van der Waals surface area contributed by atoms with Crippen molar-refractivity contribution >= 4 is 5.97 Å². The molecule has 0 unspecified atom stereocenters. The summed E-state index contributed by atoms with van der Waals surface area (Å²) >= 11 is 0. The summed E-state index contributed by atoms with van der Waals surface area (Å²) in [6.45, 7) is 8.97. The van der Waals surface area contributed by atoms with Crippen LogP contribution in [0.1, 0.15) is 40.9 Å². The molecule has 0 atom stereocenters. The molecule has 4 nitrogen and oxygen atoms in total.